The second-order valence-electron chi connectivity index (χ2n) is 4.53. The van der Waals surface area contributed by atoms with Crippen LogP contribution in [0.25, 0.3) is 0 Å². The summed E-state index contributed by atoms with van der Waals surface area (Å²) in [5.74, 6) is 1.74. The number of hydrogen-bond donors (Lipinski definition) is 1. The second-order valence-corrected chi connectivity index (χ2v) is 5.44. The van der Waals surface area contributed by atoms with Crippen LogP contribution in [0.1, 0.15) is 12.5 Å². The summed E-state index contributed by atoms with van der Waals surface area (Å²) >= 11 is 1.73. The zero-order valence-corrected chi connectivity index (χ0v) is 13.0. The zero-order chi connectivity index (χ0) is 14.4. The first-order valence-corrected chi connectivity index (χ1v) is 7.56. The second kappa shape index (κ2) is 7.28. The molecule has 5 heteroatoms. The Morgan fingerprint density at radius 1 is 1.53 bits per heavy atom. The Labute approximate surface area is 119 Å². The van der Waals surface area contributed by atoms with Crippen LogP contribution in [0.4, 0.5) is 10.5 Å². The summed E-state index contributed by atoms with van der Waals surface area (Å²) in [6.07, 6.45) is 2.04. The molecule has 0 spiro atoms. The number of urea groups is 1. The van der Waals surface area contributed by atoms with E-state index in [-0.39, 0.29) is 12.1 Å². The highest BCUT2D eigenvalue weighted by molar-refractivity contribution is 7.98. The number of anilines is 1. The SMILES string of the molecule is COc1ccc(NC(=O)N(C)C(C)CSC)cc1C. The molecule has 0 saturated carbocycles. The maximum atomic E-state index is 12.1. The normalized spacial score (nSPS) is 11.8. The van der Waals surface area contributed by atoms with E-state index in [0.717, 1.165) is 22.8 Å². The number of carbonyl (C=O) groups is 1. The van der Waals surface area contributed by atoms with Gasteiger partial charge >= 0.3 is 6.03 Å². The van der Waals surface area contributed by atoms with Crippen molar-refractivity contribution in [3.05, 3.63) is 23.8 Å². The minimum Gasteiger partial charge on any atom is -0.496 e. The zero-order valence-electron chi connectivity index (χ0n) is 12.2. The lowest BCUT2D eigenvalue weighted by Crippen LogP contribution is -2.39. The van der Waals surface area contributed by atoms with E-state index in [2.05, 4.69) is 5.32 Å². The van der Waals surface area contributed by atoms with Gasteiger partial charge < -0.3 is 15.0 Å². The van der Waals surface area contributed by atoms with Crippen LogP contribution in [0.15, 0.2) is 18.2 Å². The number of nitrogens with zero attached hydrogens (tertiary/aromatic N) is 1. The van der Waals surface area contributed by atoms with Crippen LogP contribution in [0, 0.1) is 6.92 Å². The van der Waals surface area contributed by atoms with Gasteiger partial charge in [-0.3, -0.25) is 0 Å². The molecule has 0 aliphatic heterocycles. The summed E-state index contributed by atoms with van der Waals surface area (Å²) in [6.45, 7) is 3.99. The Bertz CT molecular complexity index is 437. The number of rotatable bonds is 5. The molecular formula is C14H22N2O2S. The maximum absolute atomic E-state index is 12.1. The molecule has 2 amide bonds. The molecule has 0 aromatic heterocycles. The fourth-order valence-corrected chi connectivity index (χ4v) is 2.43. The van der Waals surface area contributed by atoms with Gasteiger partial charge in [0.15, 0.2) is 0 Å². The number of hydrogen-bond acceptors (Lipinski definition) is 3. The molecule has 0 saturated heterocycles. The molecule has 0 fully saturated rings. The largest absolute Gasteiger partial charge is 0.496 e. The van der Waals surface area contributed by atoms with E-state index < -0.39 is 0 Å². The van der Waals surface area contributed by atoms with Crippen molar-refractivity contribution in [3.63, 3.8) is 0 Å². The van der Waals surface area contributed by atoms with Gasteiger partial charge in [-0.25, -0.2) is 4.79 Å². The number of thioether (sulfide) groups is 1. The highest BCUT2D eigenvalue weighted by Gasteiger charge is 2.15. The number of methoxy groups -OCH3 is 1. The van der Waals surface area contributed by atoms with Crippen molar-refractivity contribution in [1.82, 2.24) is 4.90 Å². The Morgan fingerprint density at radius 3 is 2.74 bits per heavy atom. The van der Waals surface area contributed by atoms with Gasteiger partial charge in [-0.05, 0) is 43.9 Å². The standard InChI is InChI=1S/C14H22N2O2S/c1-10-8-12(6-7-13(10)18-4)15-14(17)16(3)11(2)9-19-5/h6-8,11H,9H2,1-5H3,(H,15,17). The van der Waals surface area contributed by atoms with Gasteiger partial charge in [0.1, 0.15) is 5.75 Å². The van der Waals surface area contributed by atoms with Gasteiger partial charge in [-0.15, -0.1) is 0 Å². The van der Waals surface area contributed by atoms with Crippen LogP contribution >= 0.6 is 11.8 Å². The van der Waals surface area contributed by atoms with Crippen LogP contribution in [0.3, 0.4) is 0 Å². The fraction of sp³-hybridized carbons (Fsp3) is 0.500. The Morgan fingerprint density at radius 2 is 2.21 bits per heavy atom. The minimum atomic E-state index is -0.0916. The lowest BCUT2D eigenvalue weighted by molar-refractivity contribution is 0.212. The summed E-state index contributed by atoms with van der Waals surface area (Å²) in [5, 5.41) is 2.90. The van der Waals surface area contributed by atoms with Crippen molar-refractivity contribution >= 4 is 23.5 Å². The average Bonchev–Trinajstić information content (AvgIpc) is 2.38. The summed E-state index contributed by atoms with van der Waals surface area (Å²) < 4.78 is 5.20. The third kappa shape index (κ3) is 4.35. The summed E-state index contributed by atoms with van der Waals surface area (Å²) in [7, 11) is 3.45. The molecule has 1 aromatic rings. The van der Waals surface area contributed by atoms with Gasteiger partial charge in [-0.2, -0.15) is 11.8 Å². The molecule has 1 N–H and O–H groups in total. The summed E-state index contributed by atoms with van der Waals surface area (Å²) in [6, 6.07) is 5.72. The lowest BCUT2D eigenvalue weighted by atomic mass is 10.2. The molecule has 0 aliphatic carbocycles. The molecule has 1 unspecified atom stereocenters. The van der Waals surface area contributed by atoms with E-state index in [1.165, 1.54) is 0 Å². The third-order valence-corrected chi connectivity index (χ3v) is 3.85. The molecule has 106 valence electrons. The number of ether oxygens (including phenoxy) is 1. The van der Waals surface area contributed by atoms with Crippen LogP contribution in [-0.2, 0) is 0 Å². The number of nitrogens with one attached hydrogen (secondary N) is 1. The van der Waals surface area contributed by atoms with Crippen molar-refractivity contribution in [1.29, 1.82) is 0 Å². The molecule has 0 bridgehead atoms. The molecule has 0 aliphatic rings. The molecular weight excluding hydrogens is 260 g/mol. The maximum Gasteiger partial charge on any atom is 0.321 e. The van der Waals surface area contributed by atoms with E-state index in [9.17, 15) is 4.79 Å². The number of aryl methyl sites for hydroxylation is 1. The van der Waals surface area contributed by atoms with Crippen LogP contribution in [0.2, 0.25) is 0 Å². The highest BCUT2D eigenvalue weighted by atomic mass is 32.2. The van der Waals surface area contributed by atoms with E-state index in [1.54, 1.807) is 23.8 Å². The molecule has 1 rings (SSSR count). The Hall–Kier alpha value is -1.36. The number of benzene rings is 1. The third-order valence-electron chi connectivity index (χ3n) is 3.04. The lowest BCUT2D eigenvalue weighted by Gasteiger charge is -2.24. The smallest absolute Gasteiger partial charge is 0.321 e. The highest BCUT2D eigenvalue weighted by Crippen LogP contribution is 2.21. The minimum absolute atomic E-state index is 0.0916. The molecule has 4 nitrogen and oxygen atoms in total. The van der Waals surface area contributed by atoms with Crippen molar-refractivity contribution in [2.45, 2.75) is 19.9 Å². The van der Waals surface area contributed by atoms with Gasteiger partial charge in [0.2, 0.25) is 0 Å². The average molecular weight is 282 g/mol. The predicted molar refractivity (Wildman–Crippen MR) is 82.4 cm³/mol. The molecule has 1 atom stereocenters. The molecule has 0 heterocycles. The number of amides is 2. The van der Waals surface area contributed by atoms with Gasteiger partial charge in [-0.1, -0.05) is 0 Å². The fourth-order valence-electron chi connectivity index (χ4n) is 1.72. The van der Waals surface area contributed by atoms with Crippen molar-refractivity contribution in [2.24, 2.45) is 0 Å². The monoisotopic (exact) mass is 282 g/mol. The quantitative estimate of drug-likeness (QED) is 0.901. The van der Waals surface area contributed by atoms with Gasteiger partial charge in [0.25, 0.3) is 0 Å². The van der Waals surface area contributed by atoms with E-state index in [0.29, 0.717) is 0 Å². The Balaban J connectivity index is 2.69. The number of carbonyl (C=O) groups excluding carboxylic acids is 1. The molecule has 0 radical (unpaired) electrons. The predicted octanol–water partition coefficient (Wildman–Crippen LogP) is 3.22. The van der Waals surface area contributed by atoms with Crippen LogP contribution in [-0.4, -0.2) is 43.1 Å². The van der Waals surface area contributed by atoms with Gasteiger partial charge in [0.05, 0.1) is 7.11 Å². The first kappa shape index (κ1) is 15.7. The van der Waals surface area contributed by atoms with E-state index in [4.69, 9.17) is 4.74 Å². The van der Waals surface area contributed by atoms with Crippen LogP contribution in [0.5, 0.6) is 5.75 Å². The van der Waals surface area contributed by atoms with Gasteiger partial charge in [0, 0.05) is 24.5 Å². The summed E-state index contributed by atoms with van der Waals surface area (Å²) in [5.41, 5.74) is 1.78. The van der Waals surface area contributed by atoms with Crippen LogP contribution < -0.4 is 10.1 Å². The summed E-state index contributed by atoms with van der Waals surface area (Å²) in [4.78, 5) is 13.8. The van der Waals surface area contributed by atoms with Crippen molar-refractivity contribution < 1.29 is 9.53 Å². The van der Waals surface area contributed by atoms with Crippen molar-refractivity contribution in [3.8, 4) is 5.75 Å². The van der Waals surface area contributed by atoms with E-state index in [1.807, 2.05) is 45.4 Å². The first-order valence-electron chi connectivity index (χ1n) is 6.17. The first-order chi connectivity index (χ1) is 8.99. The molecule has 1 aromatic carbocycles. The van der Waals surface area contributed by atoms with E-state index >= 15 is 0 Å². The van der Waals surface area contributed by atoms with Crippen molar-refractivity contribution in [2.75, 3.05) is 31.5 Å². The molecule has 19 heavy (non-hydrogen) atoms. The Kier molecular flexibility index (Phi) is 6.02. The topological polar surface area (TPSA) is 41.6 Å².